The zero-order chi connectivity index (χ0) is 15.0. The lowest BCUT2D eigenvalue weighted by molar-refractivity contribution is -0.145. The Bertz CT molecular complexity index is 822. The first-order valence-corrected chi connectivity index (χ1v) is 6.97. The number of furan rings is 1. The van der Waals surface area contributed by atoms with Gasteiger partial charge in [-0.25, -0.2) is 4.79 Å². The van der Waals surface area contributed by atoms with Gasteiger partial charge in [0.2, 0.25) is 0 Å². The molecule has 0 saturated heterocycles. The van der Waals surface area contributed by atoms with Crippen molar-refractivity contribution in [2.45, 2.75) is 19.4 Å². The van der Waals surface area contributed by atoms with Crippen molar-refractivity contribution in [2.75, 3.05) is 0 Å². The van der Waals surface area contributed by atoms with E-state index in [1.165, 1.54) is 0 Å². The van der Waals surface area contributed by atoms with E-state index in [2.05, 4.69) is 0 Å². The maximum absolute atomic E-state index is 11.0. The molecule has 1 atom stereocenters. The van der Waals surface area contributed by atoms with Crippen molar-refractivity contribution in [3.8, 4) is 5.75 Å². The summed E-state index contributed by atoms with van der Waals surface area (Å²) in [4.78, 5) is 11.0. The predicted molar refractivity (Wildman–Crippen MR) is 81.1 cm³/mol. The fourth-order valence-electron chi connectivity index (χ4n) is 2.28. The lowest BCUT2D eigenvalue weighted by atomic mass is 10.1. The Morgan fingerprint density at radius 1 is 1.24 bits per heavy atom. The summed E-state index contributed by atoms with van der Waals surface area (Å²) in [6.45, 7) is 1.76. The van der Waals surface area contributed by atoms with Crippen LogP contribution >= 0.6 is 11.6 Å². The Morgan fingerprint density at radius 2 is 1.90 bits per heavy atom. The maximum atomic E-state index is 11.0. The van der Waals surface area contributed by atoms with Gasteiger partial charge in [0.05, 0.1) is 0 Å². The average molecular weight is 305 g/mol. The van der Waals surface area contributed by atoms with Gasteiger partial charge in [0.15, 0.2) is 6.10 Å². The Balaban J connectivity index is 2.04. The summed E-state index contributed by atoms with van der Waals surface area (Å²) in [6.07, 6.45) is -0.468. The summed E-state index contributed by atoms with van der Waals surface area (Å²) in [7, 11) is 0. The minimum atomic E-state index is -0.978. The highest BCUT2D eigenvalue weighted by Crippen LogP contribution is 2.32. The highest BCUT2D eigenvalue weighted by Gasteiger charge is 2.17. The van der Waals surface area contributed by atoms with E-state index < -0.39 is 12.1 Å². The van der Waals surface area contributed by atoms with Crippen LogP contribution in [0.1, 0.15) is 13.3 Å². The molecule has 0 spiro atoms. The number of benzene rings is 2. The largest absolute Gasteiger partial charge is 0.479 e. The number of halogens is 1. The van der Waals surface area contributed by atoms with Crippen molar-refractivity contribution in [1.82, 2.24) is 0 Å². The highest BCUT2D eigenvalue weighted by molar-refractivity contribution is 6.31. The van der Waals surface area contributed by atoms with Crippen LogP contribution in [0, 0.1) is 0 Å². The molecule has 0 amide bonds. The molecule has 1 unspecified atom stereocenters. The van der Waals surface area contributed by atoms with Crippen LogP contribution in [0.2, 0.25) is 5.02 Å². The van der Waals surface area contributed by atoms with Gasteiger partial charge in [-0.05, 0) is 30.7 Å². The van der Waals surface area contributed by atoms with Crippen molar-refractivity contribution >= 4 is 39.5 Å². The minimum absolute atomic E-state index is 0.392. The molecule has 5 heteroatoms. The van der Waals surface area contributed by atoms with Crippen LogP contribution in [0.3, 0.4) is 0 Å². The number of fused-ring (bicyclic) bond motifs is 3. The van der Waals surface area contributed by atoms with E-state index in [9.17, 15) is 4.79 Å². The summed E-state index contributed by atoms with van der Waals surface area (Å²) in [5.74, 6) is -0.504. The third kappa shape index (κ3) is 2.54. The van der Waals surface area contributed by atoms with E-state index in [4.69, 9.17) is 25.9 Å². The number of ether oxygens (including phenoxy) is 1. The molecule has 0 aliphatic heterocycles. The second kappa shape index (κ2) is 5.30. The highest BCUT2D eigenvalue weighted by atomic mass is 35.5. The van der Waals surface area contributed by atoms with Gasteiger partial charge in [0.25, 0.3) is 0 Å². The van der Waals surface area contributed by atoms with Gasteiger partial charge in [0.1, 0.15) is 16.9 Å². The lowest BCUT2D eigenvalue weighted by Crippen LogP contribution is -2.25. The van der Waals surface area contributed by atoms with Crippen molar-refractivity contribution in [3.63, 3.8) is 0 Å². The zero-order valence-corrected chi connectivity index (χ0v) is 12.1. The van der Waals surface area contributed by atoms with Crippen LogP contribution in [0.25, 0.3) is 21.9 Å². The van der Waals surface area contributed by atoms with Gasteiger partial charge in [-0.2, -0.15) is 0 Å². The molecule has 0 radical (unpaired) electrons. The number of carboxylic acids is 1. The van der Waals surface area contributed by atoms with Crippen molar-refractivity contribution in [1.29, 1.82) is 0 Å². The number of hydrogen-bond donors (Lipinski definition) is 1. The molecule has 1 aromatic heterocycles. The third-order valence-electron chi connectivity index (χ3n) is 3.33. The Morgan fingerprint density at radius 3 is 2.57 bits per heavy atom. The molecule has 1 heterocycles. The molecule has 2 aromatic carbocycles. The minimum Gasteiger partial charge on any atom is -0.479 e. The van der Waals surface area contributed by atoms with Crippen LogP contribution in [0.5, 0.6) is 5.75 Å². The Hall–Kier alpha value is -2.20. The molecule has 3 rings (SSSR count). The number of carbonyl (C=O) groups is 1. The molecule has 0 bridgehead atoms. The first-order chi connectivity index (χ1) is 10.1. The van der Waals surface area contributed by atoms with E-state index in [1.54, 1.807) is 31.2 Å². The van der Waals surface area contributed by atoms with Crippen LogP contribution in [0.15, 0.2) is 40.8 Å². The SMILES string of the molecule is CCC(Oc1ccc2c(c1)oc1cc(Cl)ccc12)C(=O)O. The Kier molecular flexibility index (Phi) is 3.47. The van der Waals surface area contributed by atoms with Crippen LogP contribution < -0.4 is 4.74 Å². The second-order valence-electron chi connectivity index (χ2n) is 4.75. The van der Waals surface area contributed by atoms with Crippen molar-refractivity contribution < 1.29 is 19.1 Å². The second-order valence-corrected chi connectivity index (χ2v) is 5.19. The summed E-state index contributed by atoms with van der Waals surface area (Å²) < 4.78 is 11.2. The summed E-state index contributed by atoms with van der Waals surface area (Å²) >= 11 is 5.95. The monoisotopic (exact) mass is 304 g/mol. The molecule has 0 fully saturated rings. The molecular weight excluding hydrogens is 292 g/mol. The first-order valence-electron chi connectivity index (χ1n) is 6.59. The van der Waals surface area contributed by atoms with Gasteiger partial charge in [-0.15, -0.1) is 0 Å². The molecule has 3 aromatic rings. The van der Waals surface area contributed by atoms with Gasteiger partial charge >= 0.3 is 5.97 Å². The topological polar surface area (TPSA) is 59.7 Å². The zero-order valence-electron chi connectivity index (χ0n) is 11.3. The standard InChI is InChI=1S/C16H13ClO4/c1-2-13(16(18)19)20-10-4-6-12-11-5-3-9(17)7-14(11)21-15(12)8-10/h3-8,13H,2H2,1H3,(H,18,19). The van der Waals surface area contributed by atoms with E-state index in [1.807, 2.05) is 12.1 Å². The summed E-state index contributed by atoms with van der Waals surface area (Å²) in [6, 6.07) is 10.8. The van der Waals surface area contributed by atoms with Gasteiger partial charge < -0.3 is 14.3 Å². The molecule has 108 valence electrons. The van der Waals surface area contributed by atoms with E-state index in [0.717, 1.165) is 10.8 Å². The van der Waals surface area contributed by atoms with Gasteiger partial charge in [0, 0.05) is 27.9 Å². The maximum Gasteiger partial charge on any atom is 0.344 e. The average Bonchev–Trinajstić information content (AvgIpc) is 2.80. The number of rotatable bonds is 4. The van der Waals surface area contributed by atoms with Gasteiger partial charge in [-0.1, -0.05) is 18.5 Å². The van der Waals surface area contributed by atoms with Crippen LogP contribution in [-0.2, 0) is 4.79 Å². The molecule has 0 aliphatic rings. The number of hydrogen-bond acceptors (Lipinski definition) is 3. The lowest BCUT2D eigenvalue weighted by Gasteiger charge is -2.12. The molecule has 21 heavy (non-hydrogen) atoms. The van der Waals surface area contributed by atoms with E-state index in [-0.39, 0.29) is 0 Å². The summed E-state index contributed by atoms with van der Waals surface area (Å²) in [5, 5.41) is 11.5. The number of aliphatic carboxylic acids is 1. The Labute approximate surface area is 125 Å². The van der Waals surface area contributed by atoms with Crippen LogP contribution in [-0.4, -0.2) is 17.2 Å². The van der Waals surface area contributed by atoms with Gasteiger partial charge in [-0.3, -0.25) is 0 Å². The quantitative estimate of drug-likeness (QED) is 0.772. The van der Waals surface area contributed by atoms with E-state index >= 15 is 0 Å². The van der Waals surface area contributed by atoms with Crippen LogP contribution in [0.4, 0.5) is 0 Å². The smallest absolute Gasteiger partial charge is 0.344 e. The summed E-state index contributed by atoms with van der Waals surface area (Å²) in [5.41, 5.74) is 1.34. The molecule has 4 nitrogen and oxygen atoms in total. The van der Waals surface area contributed by atoms with Crippen molar-refractivity contribution in [2.24, 2.45) is 0 Å². The third-order valence-corrected chi connectivity index (χ3v) is 3.57. The first kappa shape index (κ1) is 13.8. The molecule has 1 N–H and O–H groups in total. The normalized spacial score (nSPS) is 12.7. The fraction of sp³-hybridized carbons (Fsp3) is 0.188. The van der Waals surface area contributed by atoms with Crippen molar-refractivity contribution in [3.05, 3.63) is 41.4 Å². The van der Waals surface area contributed by atoms with E-state index in [0.29, 0.717) is 28.4 Å². The predicted octanol–water partition coefficient (Wildman–Crippen LogP) is 4.48. The molecule has 0 saturated carbocycles. The molecule has 0 aliphatic carbocycles. The number of carboxylic acid groups (broad SMARTS) is 1. The molecular formula is C16H13ClO4. The fourth-order valence-corrected chi connectivity index (χ4v) is 2.44.